The molecule has 0 aromatic heterocycles. The van der Waals surface area contributed by atoms with Crippen molar-refractivity contribution in [3.8, 4) is 11.5 Å². The first-order chi connectivity index (χ1) is 12.2. The molecule has 10 heteroatoms. The molecule has 0 aliphatic carbocycles. The first kappa shape index (κ1) is 19.7. The molecule has 0 saturated carbocycles. The molecule has 0 aliphatic heterocycles. The Morgan fingerprint density at radius 2 is 1.77 bits per heavy atom. The van der Waals surface area contributed by atoms with E-state index in [1.54, 1.807) is 13.8 Å². The van der Waals surface area contributed by atoms with E-state index in [1.165, 1.54) is 6.07 Å². The summed E-state index contributed by atoms with van der Waals surface area (Å²) in [5.41, 5.74) is -0.679. The molecule has 2 aromatic rings. The summed E-state index contributed by atoms with van der Waals surface area (Å²) in [5.74, 6) is -3.43. The third kappa shape index (κ3) is 3.81. The van der Waals surface area contributed by atoms with E-state index in [1.807, 2.05) is 0 Å². The van der Waals surface area contributed by atoms with Gasteiger partial charge in [-0.1, -0.05) is 19.9 Å². The second-order valence-electron chi connectivity index (χ2n) is 5.13. The molecule has 7 nitrogen and oxygen atoms in total. The Balaban J connectivity index is 2.51. The minimum Gasteiger partial charge on any atom is -0.447 e. The average molecular weight is 386 g/mol. The highest BCUT2D eigenvalue weighted by molar-refractivity contribution is 7.89. The number of ether oxygens (including phenoxy) is 1. The molecular formula is C16H16F2N2O5S. The highest BCUT2D eigenvalue weighted by Crippen LogP contribution is 2.35. The lowest BCUT2D eigenvalue weighted by Crippen LogP contribution is -2.30. The fourth-order valence-electron chi connectivity index (χ4n) is 2.28. The number of rotatable bonds is 7. The number of benzene rings is 2. The van der Waals surface area contributed by atoms with Crippen LogP contribution in [0.25, 0.3) is 0 Å². The van der Waals surface area contributed by atoms with Crippen molar-refractivity contribution >= 4 is 15.7 Å². The van der Waals surface area contributed by atoms with Crippen LogP contribution in [0, 0.1) is 21.7 Å². The van der Waals surface area contributed by atoms with Crippen LogP contribution in [0.5, 0.6) is 11.5 Å². The molecule has 0 radical (unpaired) electrons. The Hall–Kier alpha value is -2.59. The number of sulfonamides is 1. The quantitative estimate of drug-likeness (QED) is 0.535. The van der Waals surface area contributed by atoms with E-state index in [2.05, 4.69) is 0 Å². The molecule has 0 N–H and O–H groups in total. The number of nitro benzene ring substituents is 1. The SMILES string of the molecule is CCN(CC)S(=O)(=O)c1ccc(Oc2cccc(F)c2F)c([N+](=O)[O-])c1. The summed E-state index contributed by atoms with van der Waals surface area (Å²) in [6.45, 7) is 3.66. The minimum atomic E-state index is -3.92. The molecule has 0 bridgehead atoms. The van der Waals surface area contributed by atoms with Crippen molar-refractivity contribution in [1.29, 1.82) is 0 Å². The second-order valence-corrected chi connectivity index (χ2v) is 7.07. The molecule has 26 heavy (non-hydrogen) atoms. The molecular weight excluding hydrogens is 370 g/mol. The lowest BCUT2D eigenvalue weighted by Gasteiger charge is -2.18. The van der Waals surface area contributed by atoms with Crippen LogP contribution in [0.3, 0.4) is 0 Å². The van der Waals surface area contributed by atoms with Crippen molar-refractivity contribution in [2.75, 3.05) is 13.1 Å². The maximum atomic E-state index is 13.7. The van der Waals surface area contributed by atoms with Gasteiger partial charge in [0.25, 0.3) is 0 Å². The van der Waals surface area contributed by atoms with Crippen LogP contribution >= 0.6 is 0 Å². The zero-order valence-corrected chi connectivity index (χ0v) is 14.8. The van der Waals surface area contributed by atoms with Crippen molar-refractivity contribution in [1.82, 2.24) is 4.31 Å². The molecule has 140 valence electrons. The Kier molecular flexibility index (Phi) is 5.88. The number of halogens is 2. The molecule has 0 atom stereocenters. The molecule has 0 unspecified atom stereocenters. The smallest absolute Gasteiger partial charge is 0.312 e. The van der Waals surface area contributed by atoms with Gasteiger partial charge in [0.15, 0.2) is 11.6 Å². The maximum Gasteiger partial charge on any atom is 0.312 e. The van der Waals surface area contributed by atoms with Crippen molar-refractivity contribution in [2.45, 2.75) is 18.7 Å². The van der Waals surface area contributed by atoms with Gasteiger partial charge in [-0.2, -0.15) is 8.70 Å². The van der Waals surface area contributed by atoms with E-state index in [0.29, 0.717) is 0 Å². The van der Waals surface area contributed by atoms with E-state index in [9.17, 15) is 27.3 Å². The normalized spacial score (nSPS) is 11.6. The maximum absolute atomic E-state index is 13.7. The summed E-state index contributed by atoms with van der Waals surface area (Å²) in [6.07, 6.45) is 0. The van der Waals surface area contributed by atoms with Crippen LogP contribution in [0.1, 0.15) is 13.8 Å². The third-order valence-corrected chi connectivity index (χ3v) is 5.65. The van der Waals surface area contributed by atoms with Crippen LogP contribution in [0.2, 0.25) is 0 Å². The van der Waals surface area contributed by atoms with E-state index in [4.69, 9.17) is 4.74 Å². The van der Waals surface area contributed by atoms with Crippen molar-refractivity contribution < 1.29 is 26.9 Å². The first-order valence-electron chi connectivity index (χ1n) is 7.62. The highest BCUT2D eigenvalue weighted by atomic mass is 32.2. The standard InChI is InChI=1S/C16H16F2N2O5S/c1-3-19(4-2)26(23,24)11-8-9-14(13(10-11)20(21)22)25-15-7-5-6-12(17)16(15)18/h5-10H,3-4H2,1-2H3. The van der Waals surface area contributed by atoms with Gasteiger partial charge in [0.1, 0.15) is 0 Å². The molecule has 2 aromatic carbocycles. The lowest BCUT2D eigenvalue weighted by atomic mass is 10.3. The van der Waals surface area contributed by atoms with Crippen molar-refractivity contribution in [2.24, 2.45) is 0 Å². The number of hydrogen-bond acceptors (Lipinski definition) is 5. The fraction of sp³-hybridized carbons (Fsp3) is 0.250. The predicted molar refractivity (Wildman–Crippen MR) is 89.6 cm³/mol. The monoisotopic (exact) mass is 386 g/mol. The first-order valence-corrected chi connectivity index (χ1v) is 9.06. The minimum absolute atomic E-state index is 0.194. The predicted octanol–water partition coefficient (Wildman–Crippen LogP) is 3.70. The molecule has 0 aliphatic rings. The molecule has 0 spiro atoms. The van der Waals surface area contributed by atoms with Gasteiger partial charge in [0.05, 0.1) is 9.82 Å². The van der Waals surface area contributed by atoms with Gasteiger partial charge in [0, 0.05) is 19.2 Å². The van der Waals surface area contributed by atoms with Gasteiger partial charge in [-0.05, 0) is 24.3 Å². The van der Waals surface area contributed by atoms with Crippen LogP contribution < -0.4 is 4.74 Å². The molecule has 2 rings (SSSR count). The largest absolute Gasteiger partial charge is 0.447 e. The summed E-state index contributed by atoms with van der Waals surface area (Å²) >= 11 is 0. The van der Waals surface area contributed by atoms with E-state index >= 15 is 0 Å². The summed E-state index contributed by atoms with van der Waals surface area (Å²) < 4.78 is 58.2. The Labute approximate surface area is 149 Å². The Morgan fingerprint density at radius 1 is 1.12 bits per heavy atom. The van der Waals surface area contributed by atoms with Gasteiger partial charge >= 0.3 is 5.69 Å². The molecule has 0 fully saturated rings. The van der Waals surface area contributed by atoms with Gasteiger partial charge < -0.3 is 4.74 Å². The van der Waals surface area contributed by atoms with Gasteiger partial charge in [-0.15, -0.1) is 0 Å². The van der Waals surface area contributed by atoms with Crippen molar-refractivity contribution in [3.63, 3.8) is 0 Å². The summed E-state index contributed by atoms with van der Waals surface area (Å²) in [5, 5.41) is 11.3. The van der Waals surface area contributed by atoms with Gasteiger partial charge in [-0.3, -0.25) is 10.1 Å². The topological polar surface area (TPSA) is 89.8 Å². The average Bonchev–Trinajstić information content (AvgIpc) is 2.59. The fourth-order valence-corrected chi connectivity index (χ4v) is 3.76. The summed E-state index contributed by atoms with van der Waals surface area (Å²) in [7, 11) is -3.92. The zero-order valence-electron chi connectivity index (χ0n) is 14.0. The summed E-state index contributed by atoms with van der Waals surface area (Å²) in [4.78, 5) is 10.2. The molecule has 0 heterocycles. The molecule has 0 saturated heterocycles. The number of hydrogen-bond donors (Lipinski definition) is 0. The Bertz CT molecular complexity index is 930. The van der Waals surface area contributed by atoms with E-state index < -0.39 is 43.8 Å². The number of nitrogens with zero attached hydrogens (tertiary/aromatic N) is 2. The zero-order chi connectivity index (χ0) is 19.5. The Morgan fingerprint density at radius 3 is 2.35 bits per heavy atom. The highest BCUT2D eigenvalue weighted by Gasteiger charge is 2.27. The lowest BCUT2D eigenvalue weighted by molar-refractivity contribution is -0.385. The summed E-state index contributed by atoms with van der Waals surface area (Å²) in [6, 6.07) is 6.14. The third-order valence-electron chi connectivity index (χ3n) is 3.61. The van der Waals surface area contributed by atoms with Gasteiger partial charge in [0.2, 0.25) is 21.6 Å². The van der Waals surface area contributed by atoms with Crippen molar-refractivity contribution in [3.05, 3.63) is 58.1 Å². The van der Waals surface area contributed by atoms with E-state index in [-0.39, 0.29) is 18.0 Å². The van der Waals surface area contributed by atoms with Crippen LogP contribution in [-0.2, 0) is 10.0 Å². The van der Waals surface area contributed by atoms with Gasteiger partial charge in [-0.25, -0.2) is 12.8 Å². The molecule has 0 amide bonds. The van der Waals surface area contributed by atoms with Crippen LogP contribution in [0.15, 0.2) is 41.3 Å². The number of nitro groups is 1. The second kappa shape index (κ2) is 7.75. The van der Waals surface area contributed by atoms with Crippen LogP contribution in [-0.4, -0.2) is 30.7 Å². The van der Waals surface area contributed by atoms with E-state index in [0.717, 1.165) is 34.6 Å². The van der Waals surface area contributed by atoms with Crippen LogP contribution in [0.4, 0.5) is 14.5 Å².